The molecule has 0 aromatic carbocycles. The summed E-state index contributed by atoms with van der Waals surface area (Å²) in [6.07, 6.45) is 5.73. The van der Waals surface area contributed by atoms with Gasteiger partial charge in [-0.2, -0.15) is 0 Å². The minimum absolute atomic E-state index is 0.455. The summed E-state index contributed by atoms with van der Waals surface area (Å²) < 4.78 is 5.19. The Balaban J connectivity index is 2.48. The van der Waals surface area contributed by atoms with Crippen LogP contribution in [0.5, 0.6) is 5.75 Å². The number of ether oxygens (including phenoxy) is 1. The lowest BCUT2D eigenvalue weighted by molar-refractivity contribution is 0.112. The van der Waals surface area contributed by atoms with Crippen LogP contribution in [-0.4, -0.2) is 23.4 Å². The predicted octanol–water partition coefficient (Wildman–Crippen LogP) is 2.03. The van der Waals surface area contributed by atoms with Crippen LogP contribution in [0.2, 0.25) is 0 Å². The van der Waals surface area contributed by atoms with Crippen LogP contribution in [0.15, 0.2) is 24.7 Å². The second kappa shape index (κ2) is 4.18. The summed E-state index contributed by atoms with van der Waals surface area (Å²) in [4.78, 5) is 19.4. The average molecular weight is 220 g/mol. The Morgan fingerprint density at radius 1 is 1.47 bits per heavy atom. The molecule has 0 bridgehead atoms. The molecular weight excluding hydrogens is 212 g/mol. The molecule has 0 aliphatic heterocycles. The van der Waals surface area contributed by atoms with Gasteiger partial charge >= 0.3 is 0 Å². The van der Waals surface area contributed by atoms with E-state index < -0.39 is 0 Å². The molecule has 2 aromatic rings. The zero-order chi connectivity index (χ0) is 10.7. The van der Waals surface area contributed by atoms with Crippen molar-refractivity contribution in [2.75, 3.05) is 7.11 Å². The Bertz CT molecular complexity index is 482. The molecule has 4 nitrogen and oxygen atoms in total. The topological polar surface area (TPSA) is 52.1 Å². The fraction of sp³-hybridized carbons (Fsp3) is 0.100. The molecule has 0 aliphatic rings. The molecule has 0 radical (unpaired) electrons. The number of nitrogens with zero attached hydrogens (tertiary/aromatic N) is 2. The van der Waals surface area contributed by atoms with E-state index >= 15 is 0 Å². The molecule has 0 N–H and O–H groups in total. The minimum Gasteiger partial charge on any atom is -0.496 e. The SMILES string of the molecule is COc1ccncc1-c1cnc(C=O)s1. The van der Waals surface area contributed by atoms with E-state index in [1.807, 2.05) is 0 Å². The fourth-order valence-corrected chi connectivity index (χ4v) is 1.96. The van der Waals surface area contributed by atoms with Crippen LogP contribution < -0.4 is 4.74 Å². The van der Waals surface area contributed by atoms with E-state index in [1.165, 1.54) is 11.3 Å². The van der Waals surface area contributed by atoms with E-state index in [4.69, 9.17) is 4.74 Å². The lowest BCUT2D eigenvalue weighted by atomic mass is 10.2. The Kier molecular flexibility index (Phi) is 2.73. The summed E-state index contributed by atoms with van der Waals surface area (Å²) in [5.41, 5.74) is 0.852. The Morgan fingerprint density at radius 2 is 2.33 bits per heavy atom. The molecule has 2 rings (SSSR count). The Labute approximate surface area is 90.6 Å². The number of methoxy groups -OCH3 is 1. The third-order valence-corrected chi connectivity index (χ3v) is 2.85. The molecule has 15 heavy (non-hydrogen) atoms. The highest BCUT2D eigenvalue weighted by molar-refractivity contribution is 7.16. The van der Waals surface area contributed by atoms with Crippen LogP contribution in [0.25, 0.3) is 10.4 Å². The van der Waals surface area contributed by atoms with Crippen molar-refractivity contribution >= 4 is 17.6 Å². The van der Waals surface area contributed by atoms with Crippen LogP contribution >= 0.6 is 11.3 Å². The van der Waals surface area contributed by atoms with Gasteiger partial charge in [-0.15, -0.1) is 11.3 Å². The van der Waals surface area contributed by atoms with E-state index in [2.05, 4.69) is 9.97 Å². The molecule has 0 amide bonds. The van der Waals surface area contributed by atoms with Crippen LogP contribution in [0.3, 0.4) is 0 Å². The molecule has 0 aliphatic carbocycles. The van der Waals surface area contributed by atoms with Gasteiger partial charge in [0.2, 0.25) is 0 Å². The van der Waals surface area contributed by atoms with Gasteiger partial charge < -0.3 is 4.74 Å². The lowest BCUT2D eigenvalue weighted by Gasteiger charge is -2.03. The number of aldehydes is 1. The number of aromatic nitrogens is 2. The summed E-state index contributed by atoms with van der Waals surface area (Å²) in [6, 6.07) is 1.77. The molecule has 0 unspecified atom stereocenters. The van der Waals surface area contributed by atoms with Gasteiger partial charge in [-0.05, 0) is 6.07 Å². The van der Waals surface area contributed by atoms with Gasteiger partial charge in [0.05, 0.1) is 17.6 Å². The molecular formula is C10H8N2O2S. The summed E-state index contributed by atoms with van der Waals surface area (Å²) >= 11 is 1.32. The quantitative estimate of drug-likeness (QED) is 0.742. The van der Waals surface area contributed by atoms with E-state index in [0.29, 0.717) is 5.01 Å². The van der Waals surface area contributed by atoms with Crippen LogP contribution in [0, 0.1) is 0 Å². The van der Waals surface area contributed by atoms with Gasteiger partial charge in [-0.1, -0.05) is 0 Å². The number of carbonyl (C=O) groups excluding carboxylic acids is 1. The first kappa shape index (κ1) is 9.79. The van der Waals surface area contributed by atoms with Crippen LogP contribution in [0.1, 0.15) is 9.80 Å². The minimum atomic E-state index is 0.455. The normalized spacial score (nSPS) is 9.93. The number of hydrogen-bond acceptors (Lipinski definition) is 5. The van der Waals surface area contributed by atoms with Crippen molar-refractivity contribution in [1.29, 1.82) is 0 Å². The molecule has 0 atom stereocenters. The monoisotopic (exact) mass is 220 g/mol. The zero-order valence-electron chi connectivity index (χ0n) is 8.01. The Hall–Kier alpha value is -1.75. The summed E-state index contributed by atoms with van der Waals surface area (Å²) in [5, 5.41) is 0.455. The summed E-state index contributed by atoms with van der Waals surface area (Å²) in [7, 11) is 1.60. The van der Waals surface area contributed by atoms with Crippen molar-refractivity contribution in [3.8, 4) is 16.2 Å². The highest BCUT2D eigenvalue weighted by Crippen LogP contribution is 2.32. The number of carbonyl (C=O) groups is 1. The maximum absolute atomic E-state index is 10.5. The number of hydrogen-bond donors (Lipinski definition) is 0. The molecule has 76 valence electrons. The average Bonchev–Trinajstić information content (AvgIpc) is 2.77. The maximum atomic E-state index is 10.5. The van der Waals surface area contributed by atoms with Gasteiger partial charge in [-0.25, -0.2) is 4.98 Å². The predicted molar refractivity (Wildman–Crippen MR) is 57.3 cm³/mol. The van der Waals surface area contributed by atoms with Crippen LogP contribution in [0.4, 0.5) is 0 Å². The van der Waals surface area contributed by atoms with Gasteiger partial charge in [0.25, 0.3) is 0 Å². The first-order chi connectivity index (χ1) is 7.35. The molecule has 5 heteroatoms. The highest BCUT2D eigenvalue weighted by Gasteiger charge is 2.08. The molecule has 0 saturated carbocycles. The van der Waals surface area contributed by atoms with Gasteiger partial charge in [0.15, 0.2) is 11.3 Å². The maximum Gasteiger partial charge on any atom is 0.178 e. The van der Waals surface area contributed by atoms with Crippen molar-refractivity contribution in [3.63, 3.8) is 0 Å². The summed E-state index contributed by atoms with van der Waals surface area (Å²) in [6.45, 7) is 0. The van der Waals surface area contributed by atoms with Crippen molar-refractivity contribution in [2.45, 2.75) is 0 Å². The number of pyridine rings is 1. The van der Waals surface area contributed by atoms with E-state index in [-0.39, 0.29) is 0 Å². The fourth-order valence-electron chi connectivity index (χ4n) is 1.21. The largest absolute Gasteiger partial charge is 0.496 e. The second-order valence-corrected chi connectivity index (χ2v) is 3.82. The van der Waals surface area contributed by atoms with Crippen molar-refractivity contribution in [2.24, 2.45) is 0 Å². The second-order valence-electron chi connectivity index (χ2n) is 2.76. The van der Waals surface area contributed by atoms with Gasteiger partial charge in [-0.3, -0.25) is 9.78 Å². The standard InChI is InChI=1S/C10H8N2O2S/c1-14-8-2-3-11-4-7(8)9-5-12-10(6-13)15-9/h2-6H,1H3. The molecule has 0 saturated heterocycles. The van der Waals surface area contributed by atoms with E-state index in [9.17, 15) is 4.79 Å². The smallest absolute Gasteiger partial charge is 0.178 e. The summed E-state index contributed by atoms with van der Waals surface area (Å²) in [5.74, 6) is 0.728. The first-order valence-electron chi connectivity index (χ1n) is 4.24. The van der Waals surface area contributed by atoms with Crippen LogP contribution in [-0.2, 0) is 0 Å². The Morgan fingerprint density at radius 3 is 3.00 bits per heavy atom. The molecule has 2 heterocycles. The number of rotatable bonds is 3. The zero-order valence-corrected chi connectivity index (χ0v) is 8.82. The van der Waals surface area contributed by atoms with Crippen molar-refractivity contribution < 1.29 is 9.53 Å². The highest BCUT2D eigenvalue weighted by atomic mass is 32.1. The first-order valence-corrected chi connectivity index (χ1v) is 5.06. The van der Waals surface area contributed by atoms with Crippen molar-refractivity contribution in [1.82, 2.24) is 9.97 Å². The molecule has 0 fully saturated rings. The van der Waals surface area contributed by atoms with Gasteiger partial charge in [0.1, 0.15) is 5.75 Å². The lowest BCUT2D eigenvalue weighted by Crippen LogP contribution is -1.86. The van der Waals surface area contributed by atoms with E-state index in [0.717, 1.165) is 22.5 Å². The van der Waals surface area contributed by atoms with E-state index in [1.54, 1.807) is 31.8 Å². The molecule has 0 spiro atoms. The number of thiazole rings is 1. The van der Waals surface area contributed by atoms with Gasteiger partial charge in [0, 0.05) is 18.6 Å². The van der Waals surface area contributed by atoms with Crippen molar-refractivity contribution in [3.05, 3.63) is 29.7 Å². The molecule has 2 aromatic heterocycles. The third kappa shape index (κ3) is 1.87. The third-order valence-electron chi connectivity index (χ3n) is 1.89.